The van der Waals surface area contributed by atoms with Crippen LogP contribution >= 0.6 is 0 Å². The number of piperidine rings is 1. The topological polar surface area (TPSA) is 3.24 Å². The SMILES string of the molecule is CCCC(c1ccc(C(F)(F)F)cc1)N1CCCCC1. The minimum Gasteiger partial charge on any atom is -0.296 e. The highest BCUT2D eigenvalue weighted by molar-refractivity contribution is 5.27. The third kappa shape index (κ3) is 3.75. The number of hydrogen-bond donors (Lipinski definition) is 0. The van der Waals surface area contributed by atoms with Crippen molar-refractivity contribution in [3.05, 3.63) is 35.4 Å². The van der Waals surface area contributed by atoms with Crippen molar-refractivity contribution in [1.29, 1.82) is 0 Å². The third-order valence-corrected chi connectivity index (χ3v) is 4.02. The Morgan fingerprint density at radius 3 is 2.15 bits per heavy atom. The molecule has 20 heavy (non-hydrogen) atoms. The molecule has 112 valence electrons. The Balaban J connectivity index is 2.16. The number of rotatable bonds is 4. The predicted octanol–water partition coefficient (Wildman–Crippen LogP) is 5.03. The molecule has 0 bridgehead atoms. The second-order valence-corrected chi connectivity index (χ2v) is 5.52. The molecule has 4 heteroatoms. The Labute approximate surface area is 118 Å². The highest BCUT2D eigenvalue weighted by Gasteiger charge is 2.30. The van der Waals surface area contributed by atoms with Crippen LogP contribution in [0.2, 0.25) is 0 Å². The van der Waals surface area contributed by atoms with Gasteiger partial charge in [0.25, 0.3) is 0 Å². The first kappa shape index (κ1) is 15.4. The number of halogens is 3. The van der Waals surface area contributed by atoms with Gasteiger partial charge >= 0.3 is 6.18 Å². The summed E-state index contributed by atoms with van der Waals surface area (Å²) in [6, 6.07) is 5.99. The molecule has 1 saturated heterocycles. The molecule has 0 radical (unpaired) electrons. The molecule has 1 fully saturated rings. The van der Waals surface area contributed by atoms with Crippen LogP contribution in [0.1, 0.15) is 56.2 Å². The zero-order valence-electron chi connectivity index (χ0n) is 11.9. The van der Waals surface area contributed by atoms with Gasteiger partial charge in [-0.25, -0.2) is 0 Å². The Morgan fingerprint density at radius 1 is 1.05 bits per heavy atom. The zero-order chi connectivity index (χ0) is 14.6. The normalized spacial score (nSPS) is 19.0. The van der Waals surface area contributed by atoms with Gasteiger partial charge in [-0.05, 0) is 50.0 Å². The summed E-state index contributed by atoms with van der Waals surface area (Å²) in [5, 5.41) is 0. The lowest BCUT2D eigenvalue weighted by atomic mass is 9.97. The van der Waals surface area contributed by atoms with Crippen LogP contribution in [-0.4, -0.2) is 18.0 Å². The predicted molar refractivity (Wildman–Crippen MR) is 74.5 cm³/mol. The van der Waals surface area contributed by atoms with E-state index < -0.39 is 11.7 Å². The van der Waals surface area contributed by atoms with Crippen molar-refractivity contribution in [2.24, 2.45) is 0 Å². The second kappa shape index (κ2) is 6.61. The first-order valence-corrected chi connectivity index (χ1v) is 7.43. The van der Waals surface area contributed by atoms with Crippen molar-refractivity contribution in [2.45, 2.75) is 51.2 Å². The van der Waals surface area contributed by atoms with Gasteiger partial charge in [-0.15, -0.1) is 0 Å². The van der Waals surface area contributed by atoms with Crippen LogP contribution in [0.3, 0.4) is 0 Å². The number of nitrogens with zero attached hydrogens (tertiary/aromatic N) is 1. The highest BCUT2D eigenvalue weighted by Crippen LogP contribution is 2.33. The average Bonchev–Trinajstić information content (AvgIpc) is 2.45. The van der Waals surface area contributed by atoms with Crippen molar-refractivity contribution in [1.82, 2.24) is 4.90 Å². The Bertz CT molecular complexity index is 405. The molecule has 0 amide bonds. The zero-order valence-corrected chi connectivity index (χ0v) is 11.9. The summed E-state index contributed by atoms with van der Waals surface area (Å²) in [5.41, 5.74) is 0.455. The van der Waals surface area contributed by atoms with E-state index >= 15 is 0 Å². The van der Waals surface area contributed by atoms with Crippen LogP contribution in [0.5, 0.6) is 0 Å². The molecule has 0 saturated carbocycles. The molecule has 1 aromatic rings. The second-order valence-electron chi connectivity index (χ2n) is 5.52. The number of likely N-dealkylation sites (tertiary alicyclic amines) is 1. The molecule has 1 heterocycles. The van der Waals surface area contributed by atoms with Gasteiger partial charge in [0, 0.05) is 6.04 Å². The average molecular weight is 285 g/mol. The largest absolute Gasteiger partial charge is 0.416 e. The summed E-state index contributed by atoms with van der Waals surface area (Å²) >= 11 is 0. The molecule has 1 aliphatic heterocycles. The summed E-state index contributed by atoms with van der Waals surface area (Å²) in [7, 11) is 0. The minimum atomic E-state index is -4.25. The van der Waals surface area contributed by atoms with Crippen molar-refractivity contribution < 1.29 is 13.2 Å². The van der Waals surface area contributed by atoms with E-state index in [1.54, 1.807) is 12.1 Å². The molecule has 0 aliphatic carbocycles. The summed E-state index contributed by atoms with van der Waals surface area (Å²) < 4.78 is 37.8. The molecule has 1 nitrogen and oxygen atoms in total. The molecule has 0 spiro atoms. The molecule has 1 aliphatic rings. The minimum absolute atomic E-state index is 0.266. The van der Waals surface area contributed by atoms with Crippen molar-refractivity contribution in [3.8, 4) is 0 Å². The Morgan fingerprint density at radius 2 is 1.65 bits per heavy atom. The highest BCUT2D eigenvalue weighted by atomic mass is 19.4. The van der Waals surface area contributed by atoms with Gasteiger partial charge < -0.3 is 0 Å². The summed E-state index contributed by atoms with van der Waals surface area (Å²) in [4.78, 5) is 2.43. The quantitative estimate of drug-likeness (QED) is 0.749. The summed E-state index contributed by atoms with van der Waals surface area (Å²) in [6.07, 6.45) is 1.46. The van der Waals surface area contributed by atoms with E-state index in [1.807, 2.05) is 0 Å². The van der Waals surface area contributed by atoms with E-state index in [1.165, 1.54) is 31.4 Å². The van der Waals surface area contributed by atoms with Crippen molar-refractivity contribution in [2.75, 3.05) is 13.1 Å². The van der Waals surface area contributed by atoms with Crippen LogP contribution in [0.25, 0.3) is 0 Å². The maximum Gasteiger partial charge on any atom is 0.416 e. The third-order valence-electron chi connectivity index (χ3n) is 4.02. The van der Waals surface area contributed by atoms with Crippen molar-refractivity contribution >= 4 is 0 Å². The van der Waals surface area contributed by atoms with Crippen LogP contribution in [0, 0.1) is 0 Å². The molecule has 1 atom stereocenters. The molecule has 2 rings (SSSR count). The lowest BCUT2D eigenvalue weighted by Crippen LogP contribution is -2.33. The lowest BCUT2D eigenvalue weighted by molar-refractivity contribution is -0.137. The molecule has 1 aromatic carbocycles. The molecular weight excluding hydrogens is 263 g/mol. The molecule has 0 N–H and O–H groups in total. The van der Waals surface area contributed by atoms with Gasteiger partial charge in [0.05, 0.1) is 5.56 Å². The van der Waals surface area contributed by atoms with Crippen LogP contribution in [0.15, 0.2) is 24.3 Å². The van der Waals surface area contributed by atoms with Crippen LogP contribution < -0.4 is 0 Å². The van der Waals surface area contributed by atoms with E-state index in [-0.39, 0.29) is 6.04 Å². The first-order valence-electron chi connectivity index (χ1n) is 7.43. The summed E-state index contributed by atoms with van der Waals surface area (Å²) in [6.45, 7) is 4.25. The van der Waals surface area contributed by atoms with E-state index in [4.69, 9.17) is 0 Å². The standard InChI is InChI=1S/C16H22F3N/c1-2-6-15(20-11-4-3-5-12-20)13-7-9-14(10-8-13)16(17,18)19/h7-10,15H,2-6,11-12H2,1H3. The first-order chi connectivity index (χ1) is 9.52. The van der Waals surface area contributed by atoms with Gasteiger partial charge in [0.15, 0.2) is 0 Å². The number of benzene rings is 1. The maximum absolute atomic E-state index is 12.6. The fourth-order valence-electron chi connectivity index (χ4n) is 2.96. The molecule has 0 aromatic heterocycles. The lowest BCUT2D eigenvalue weighted by Gasteiger charge is -2.35. The Kier molecular flexibility index (Phi) is 5.08. The van der Waals surface area contributed by atoms with Gasteiger partial charge in [-0.1, -0.05) is 31.9 Å². The van der Waals surface area contributed by atoms with Crippen LogP contribution in [0.4, 0.5) is 13.2 Å². The van der Waals surface area contributed by atoms with E-state index in [0.29, 0.717) is 0 Å². The fraction of sp³-hybridized carbons (Fsp3) is 0.625. The fourth-order valence-corrected chi connectivity index (χ4v) is 2.96. The smallest absolute Gasteiger partial charge is 0.296 e. The maximum atomic E-state index is 12.6. The molecular formula is C16H22F3N. The van der Waals surface area contributed by atoms with Gasteiger partial charge in [-0.2, -0.15) is 13.2 Å². The number of alkyl halides is 3. The molecule has 1 unspecified atom stereocenters. The van der Waals surface area contributed by atoms with Crippen molar-refractivity contribution in [3.63, 3.8) is 0 Å². The van der Waals surface area contributed by atoms with Gasteiger partial charge in [-0.3, -0.25) is 4.90 Å². The van der Waals surface area contributed by atoms with Crippen LogP contribution in [-0.2, 0) is 6.18 Å². The number of hydrogen-bond acceptors (Lipinski definition) is 1. The van der Waals surface area contributed by atoms with Gasteiger partial charge in [0.1, 0.15) is 0 Å². The van der Waals surface area contributed by atoms with Gasteiger partial charge in [0.2, 0.25) is 0 Å². The van der Waals surface area contributed by atoms with E-state index in [2.05, 4.69) is 11.8 Å². The monoisotopic (exact) mass is 285 g/mol. The van der Waals surface area contributed by atoms with E-state index in [9.17, 15) is 13.2 Å². The van der Waals surface area contributed by atoms with E-state index in [0.717, 1.165) is 31.5 Å². The summed E-state index contributed by atoms with van der Waals surface area (Å²) in [5.74, 6) is 0. The Hall–Kier alpha value is -1.03.